The number of hydrogen-bond acceptors (Lipinski definition) is 3. The van der Waals surface area contributed by atoms with Gasteiger partial charge in [0, 0.05) is 19.7 Å². The van der Waals surface area contributed by atoms with Crippen molar-refractivity contribution in [3.63, 3.8) is 0 Å². The lowest BCUT2D eigenvalue weighted by Crippen LogP contribution is -2.24. The highest BCUT2D eigenvalue weighted by Crippen LogP contribution is 2.09. The molecule has 0 atom stereocenters. The minimum atomic E-state index is -0.402. The highest BCUT2D eigenvalue weighted by atomic mass is 19.1. The van der Waals surface area contributed by atoms with Crippen LogP contribution in [-0.2, 0) is 16.1 Å². The van der Waals surface area contributed by atoms with Gasteiger partial charge in [-0.1, -0.05) is 24.3 Å². The van der Waals surface area contributed by atoms with Crippen molar-refractivity contribution in [3.8, 4) is 0 Å². The van der Waals surface area contributed by atoms with E-state index in [0.29, 0.717) is 12.1 Å². The molecule has 1 amide bonds. The maximum absolute atomic E-state index is 12.9. The number of likely N-dealkylation sites (N-methyl/N-ethyl adjacent to an activating group) is 1. The lowest BCUT2D eigenvalue weighted by atomic mass is 10.1. The molecule has 5 heteroatoms. The molecule has 0 unspecified atom stereocenters. The normalized spacial score (nSPS) is 10.6. The summed E-state index contributed by atoms with van der Waals surface area (Å²) in [5, 5.41) is 0. The molecule has 2 aromatic rings. The zero-order chi connectivity index (χ0) is 17.5. The van der Waals surface area contributed by atoms with Crippen molar-refractivity contribution in [2.75, 3.05) is 14.2 Å². The van der Waals surface area contributed by atoms with Crippen LogP contribution in [0.4, 0.5) is 4.39 Å². The molecule has 0 bridgehead atoms. The summed E-state index contributed by atoms with van der Waals surface area (Å²) >= 11 is 0. The maximum Gasteiger partial charge on any atom is 0.337 e. The molecule has 0 aliphatic rings. The fraction of sp³-hybridized carbons (Fsp3) is 0.158. The highest BCUT2D eigenvalue weighted by Gasteiger charge is 2.07. The van der Waals surface area contributed by atoms with E-state index in [1.54, 1.807) is 49.5 Å². The predicted octanol–water partition coefficient (Wildman–Crippen LogP) is 3.28. The van der Waals surface area contributed by atoms with Gasteiger partial charge in [-0.2, -0.15) is 0 Å². The number of methoxy groups -OCH3 is 1. The van der Waals surface area contributed by atoms with E-state index >= 15 is 0 Å². The molecule has 0 spiro atoms. The zero-order valence-electron chi connectivity index (χ0n) is 13.5. The Bertz CT molecular complexity index is 736. The smallest absolute Gasteiger partial charge is 0.337 e. The minimum absolute atomic E-state index is 0.170. The van der Waals surface area contributed by atoms with Crippen LogP contribution in [0.1, 0.15) is 21.5 Å². The fourth-order valence-electron chi connectivity index (χ4n) is 2.08. The van der Waals surface area contributed by atoms with Crippen molar-refractivity contribution in [3.05, 3.63) is 77.1 Å². The molecule has 0 fully saturated rings. The van der Waals surface area contributed by atoms with Gasteiger partial charge in [-0.15, -0.1) is 0 Å². The summed E-state index contributed by atoms with van der Waals surface area (Å²) in [6.07, 6.45) is 3.13. The molecule has 4 nitrogen and oxygen atoms in total. The first-order chi connectivity index (χ1) is 11.5. The summed E-state index contributed by atoms with van der Waals surface area (Å²) < 4.78 is 17.5. The number of benzene rings is 2. The second-order valence-corrected chi connectivity index (χ2v) is 5.27. The van der Waals surface area contributed by atoms with E-state index in [0.717, 1.165) is 11.1 Å². The van der Waals surface area contributed by atoms with Gasteiger partial charge in [0.05, 0.1) is 12.7 Å². The summed E-state index contributed by atoms with van der Waals surface area (Å²) in [6.45, 7) is 0.394. The van der Waals surface area contributed by atoms with Crippen LogP contribution in [0.2, 0.25) is 0 Å². The van der Waals surface area contributed by atoms with Gasteiger partial charge in [-0.05, 0) is 41.5 Å². The van der Waals surface area contributed by atoms with E-state index < -0.39 is 5.97 Å². The molecule has 0 radical (unpaired) electrons. The Hall–Kier alpha value is -2.95. The van der Waals surface area contributed by atoms with Crippen LogP contribution < -0.4 is 0 Å². The number of carbonyl (C=O) groups is 2. The van der Waals surface area contributed by atoms with Gasteiger partial charge in [-0.25, -0.2) is 9.18 Å². The van der Waals surface area contributed by atoms with E-state index in [4.69, 9.17) is 0 Å². The molecule has 0 aliphatic carbocycles. The third-order valence-electron chi connectivity index (χ3n) is 3.46. The average Bonchev–Trinajstić information content (AvgIpc) is 2.61. The second-order valence-electron chi connectivity index (χ2n) is 5.27. The minimum Gasteiger partial charge on any atom is -0.465 e. The van der Waals surface area contributed by atoms with Gasteiger partial charge in [0.25, 0.3) is 0 Å². The molecular formula is C19H18FNO3. The monoisotopic (exact) mass is 327 g/mol. The number of halogens is 1. The Morgan fingerprint density at radius 1 is 1.08 bits per heavy atom. The van der Waals surface area contributed by atoms with Gasteiger partial charge in [0.15, 0.2) is 0 Å². The number of carbonyl (C=O) groups excluding carboxylic acids is 2. The molecule has 0 saturated heterocycles. The van der Waals surface area contributed by atoms with Crippen LogP contribution >= 0.6 is 0 Å². The topological polar surface area (TPSA) is 46.6 Å². The third-order valence-corrected chi connectivity index (χ3v) is 3.46. The molecule has 124 valence electrons. The summed E-state index contributed by atoms with van der Waals surface area (Å²) in [6, 6.07) is 12.8. The quantitative estimate of drug-likeness (QED) is 0.625. The molecule has 2 rings (SSSR count). The van der Waals surface area contributed by atoms with Crippen molar-refractivity contribution in [1.82, 2.24) is 4.90 Å². The number of esters is 1. The highest BCUT2D eigenvalue weighted by molar-refractivity contribution is 5.92. The first-order valence-corrected chi connectivity index (χ1v) is 7.35. The van der Waals surface area contributed by atoms with Crippen molar-refractivity contribution < 1.29 is 18.7 Å². The standard InChI is InChI=1S/C19H18FNO3/c1-21(13-15-5-10-17(20)11-6-15)18(22)12-7-14-3-8-16(9-4-14)19(23)24-2/h3-12H,13H2,1-2H3. The van der Waals surface area contributed by atoms with Crippen LogP contribution in [0.3, 0.4) is 0 Å². The largest absolute Gasteiger partial charge is 0.465 e. The number of amides is 1. The van der Waals surface area contributed by atoms with Gasteiger partial charge in [0.1, 0.15) is 5.82 Å². The Morgan fingerprint density at radius 2 is 1.71 bits per heavy atom. The third kappa shape index (κ3) is 4.78. The number of rotatable bonds is 5. The van der Waals surface area contributed by atoms with E-state index in [2.05, 4.69) is 4.74 Å². The number of ether oxygens (including phenoxy) is 1. The Kier molecular flexibility index (Phi) is 5.84. The fourth-order valence-corrected chi connectivity index (χ4v) is 2.08. The first kappa shape index (κ1) is 17.4. The van der Waals surface area contributed by atoms with Crippen LogP contribution in [0.25, 0.3) is 6.08 Å². The SMILES string of the molecule is COC(=O)c1ccc(C=CC(=O)N(C)Cc2ccc(F)cc2)cc1. The molecular weight excluding hydrogens is 309 g/mol. The van der Waals surface area contributed by atoms with E-state index in [1.807, 2.05) is 0 Å². The van der Waals surface area contributed by atoms with Crippen LogP contribution in [0.5, 0.6) is 0 Å². The lowest BCUT2D eigenvalue weighted by molar-refractivity contribution is -0.125. The van der Waals surface area contributed by atoms with Crippen LogP contribution in [0, 0.1) is 5.82 Å². The molecule has 24 heavy (non-hydrogen) atoms. The van der Waals surface area contributed by atoms with Crippen molar-refractivity contribution in [2.45, 2.75) is 6.54 Å². The Morgan fingerprint density at radius 3 is 2.29 bits per heavy atom. The maximum atomic E-state index is 12.9. The Balaban J connectivity index is 1.96. The van der Waals surface area contributed by atoms with Gasteiger partial charge < -0.3 is 9.64 Å². The van der Waals surface area contributed by atoms with Gasteiger partial charge in [0.2, 0.25) is 5.91 Å². The van der Waals surface area contributed by atoms with Crippen molar-refractivity contribution in [2.24, 2.45) is 0 Å². The first-order valence-electron chi connectivity index (χ1n) is 7.35. The van der Waals surface area contributed by atoms with Crippen molar-refractivity contribution >= 4 is 18.0 Å². The lowest BCUT2D eigenvalue weighted by Gasteiger charge is -2.15. The average molecular weight is 327 g/mol. The molecule has 0 heterocycles. The molecule has 0 aromatic heterocycles. The molecule has 0 saturated carbocycles. The van der Waals surface area contributed by atoms with Gasteiger partial charge in [-0.3, -0.25) is 4.79 Å². The zero-order valence-corrected chi connectivity index (χ0v) is 13.5. The predicted molar refractivity (Wildman–Crippen MR) is 89.7 cm³/mol. The van der Waals surface area contributed by atoms with E-state index in [-0.39, 0.29) is 11.7 Å². The summed E-state index contributed by atoms with van der Waals surface area (Å²) in [5.74, 6) is -0.875. The number of nitrogens with zero attached hydrogens (tertiary/aromatic N) is 1. The van der Waals surface area contributed by atoms with Crippen molar-refractivity contribution in [1.29, 1.82) is 0 Å². The van der Waals surface area contributed by atoms with Gasteiger partial charge >= 0.3 is 5.97 Å². The summed E-state index contributed by atoms with van der Waals surface area (Å²) in [5.41, 5.74) is 2.10. The van der Waals surface area contributed by atoms with E-state index in [9.17, 15) is 14.0 Å². The molecule has 0 aliphatic heterocycles. The van der Waals surface area contributed by atoms with Crippen LogP contribution in [0.15, 0.2) is 54.6 Å². The summed E-state index contributed by atoms with van der Waals surface area (Å²) in [7, 11) is 3.00. The van der Waals surface area contributed by atoms with E-state index in [1.165, 1.54) is 30.2 Å². The number of hydrogen-bond donors (Lipinski definition) is 0. The van der Waals surface area contributed by atoms with Crippen LogP contribution in [-0.4, -0.2) is 30.9 Å². The molecule has 2 aromatic carbocycles. The summed E-state index contributed by atoms with van der Waals surface area (Å²) in [4.78, 5) is 25.0. The molecule has 0 N–H and O–H groups in total. The Labute approximate surface area is 140 Å². The second kappa shape index (κ2) is 8.06.